The Bertz CT molecular complexity index is 1080. The third kappa shape index (κ3) is 6.11. The van der Waals surface area contributed by atoms with Crippen LogP contribution >= 0.6 is 11.3 Å². The van der Waals surface area contributed by atoms with Gasteiger partial charge in [0.05, 0.1) is 5.56 Å². The molecule has 0 bridgehead atoms. The first-order chi connectivity index (χ1) is 16.1. The number of hydrogen-bond donors (Lipinski definition) is 1. The van der Waals surface area contributed by atoms with Gasteiger partial charge in [-0.15, -0.1) is 11.3 Å². The average Bonchev–Trinajstić information content (AvgIpc) is 3.18. The Morgan fingerprint density at radius 1 is 1.09 bits per heavy atom. The minimum atomic E-state index is 0.0277. The zero-order valence-corrected chi connectivity index (χ0v) is 20.3. The number of aliphatic imine (C=N–C) groups is 1. The van der Waals surface area contributed by atoms with E-state index in [1.165, 1.54) is 24.1 Å². The van der Waals surface area contributed by atoms with Gasteiger partial charge >= 0.3 is 0 Å². The Morgan fingerprint density at radius 2 is 1.82 bits per heavy atom. The molecule has 1 aliphatic carbocycles. The van der Waals surface area contributed by atoms with Crippen LogP contribution in [-0.4, -0.2) is 18.2 Å². The average molecular weight is 461 g/mol. The van der Waals surface area contributed by atoms with Crippen LogP contribution in [0.25, 0.3) is 0 Å². The molecule has 0 spiro atoms. The van der Waals surface area contributed by atoms with E-state index in [1.54, 1.807) is 11.3 Å². The quantitative estimate of drug-likeness (QED) is 0.368. The van der Waals surface area contributed by atoms with Crippen molar-refractivity contribution in [2.45, 2.75) is 65.0 Å². The minimum Gasteiger partial charge on any atom is -0.489 e. The van der Waals surface area contributed by atoms with Crippen molar-refractivity contribution in [2.75, 3.05) is 0 Å². The Kier molecular flexibility index (Phi) is 7.95. The van der Waals surface area contributed by atoms with Crippen molar-refractivity contribution in [1.82, 2.24) is 5.32 Å². The lowest BCUT2D eigenvalue weighted by molar-refractivity contribution is 0.0928. The molecular formula is C28H32N2O2S. The SMILES string of the molecule is CCc1c(C)sc(N=Cc2ccc(OCc3ccccc3)cc2)c1C(=O)NC1CCCCC1. The lowest BCUT2D eigenvalue weighted by Crippen LogP contribution is -2.36. The zero-order chi connectivity index (χ0) is 23.0. The first-order valence-corrected chi connectivity index (χ1v) is 12.7. The van der Waals surface area contributed by atoms with Crippen LogP contribution in [0.2, 0.25) is 0 Å². The number of carbonyl (C=O) groups is 1. The first-order valence-electron chi connectivity index (χ1n) is 11.9. The number of benzene rings is 2. The molecule has 0 saturated heterocycles. The number of aryl methyl sites for hydroxylation is 1. The van der Waals surface area contributed by atoms with Crippen molar-refractivity contribution >= 4 is 28.5 Å². The topological polar surface area (TPSA) is 50.7 Å². The number of nitrogens with one attached hydrogen (secondary N) is 1. The summed E-state index contributed by atoms with van der Waals surface area (Å²) in [6.45, 7) is 4.73. The molecule has 1 fully saturated rings. The zero-order valence-electron chi connectivity index (χ0n) is 19.5. The van der Waals surface area contributed by atoms with Crippen molar-refractivity contribution in [3.8, 4) is 5.75 Å². The fourth-order valence-corrected chi connectivity index (χ4v) is 5.43. The van der Waals surface area contributed by atoms with Crippen LogP contribution in [0.15, 0.2) is 59.6 Å². The van der Waals surface area contributed by atoms with Gasteiger partial charge in [-0.2, -0.15) is 0 Å². The standard InChI is InChI=1S/C28H32N2O2S/c1-3-25-20(2)33-28(26(25)27(31)30-23-12-8-5-9-13-23)29-18-21-14-16-24(17-15-21)32-19-22-10-6-4-7-11-22/h4,6-7,10-11,14-18,23H,3,5,8-9,12-13,19H2,1-2H3,(H,30,31). The summed E-state index contributed by atoms with van der Waals surface area (Å²) in [6.07, 6.45) is 8.49. The Labute approximate surface area is 200 Å². The first kappa shape index (κ1) is 23.2. The van der Waals surface area contributed by atoms with Crippen LogP contribution in [0.4, 0.5) is 5.00 Å². The Hall–Kier alpha value is -2.92. The molecule has 1 N–H and O–H groups in total. The predicted octanol–water partition coefficient (Wildman–Crippen LogP) is 7.01. The third-order valence-electron chi connectivity index (χ3n) is 6.17. The maximum atomic E-state index is 13.2. The summed E-state index contributed by atoms with van der Waals surface area (Å²) in [7, 11) is 0. The molecule has 0 aliphatic heterocycles. The van der Waals surface area contributed by atoms with Crippen LogP contribution in [0, 0.1) is 6.92 Å². The summed E-state index contributed by atoms with van der Waals surface area (Å²) in [4.78, 5) is 19.1. The molecule has 2 aromatic carbocycles. The summed E-state index contributed by atoms with van der Waals surface area (Å²) >= 11 is 1.60. The molecule has 1 aliphatic rings. The molecule has 0 unspecified atom stereocenters. The van der Waals surface area contributed by atoms with Gasteiger partial charge in [-0.05, 0) is 67.1 Å². The monoisotopic (exact) mass is 460 g/mol. The molecule has 4 nitrogen and oxygen atoms in total. The van der Waals surface area contributed by atoms with Gasteiger partial charge in [0.1, 0.15) is 17.4 Å². The number of amides is 1. The minimum absolute atomic E-state index is 0.0277. The summed E-state index contributed by atoms with van der Waals surface area (Å²) in [5.41, 5.74) is 3.99. The molecule has 33 heavy (non-hydrogen) atoms. The number of ether oxygens (including phenoxy) is 1. The highest BCUT2D eigenvalue weighted by molar-refractivity contribution is 7.16. The number of rotatable bonds is 8. The summed E-state index contributed by atoms with van der Waals surface area (Å²) in [5.74, 6) is 0.851. The van der Waals surface area contributed by atoms with Crippen molar-refractivity contribution < 1.29 is 9.53 Å². The molecule has 1 amide bonds. The molecule has 4 rings (SSSR count). The second kappa shape index (κ2) is 11.3. The van der Waals surface area contributed by atoms with Gasteiger partial charge in [-0.1, -0.05) is 56.5 Å². The third-order valence-corrected chi connectivity index (χ3v) is 7.23. The van der Waals surface area contributed by atoms with Gasteiger partial charge in [-0.3, -0.25) is 4.79 Å². The second-order valence-corrected chi connectivity index (χ2v) is 9.78. The lowest BCUT2D eigenvalue weighted by atomic mass is 9.95. The molecule has 1 saturated carbocycles. The van der Waals surface area contributed by atoms with Crippen molar-refractivity contribution in [3.63, 3.8) is 0 Å². The summed E-state index contributed by atoms with van der Waals surface area (Å²) in [5, 5.41) is 4.07. The van der Waals surface area contributed by atoms with Crippen LogP contribution in [-0.2, 0) is 13.0 Å². The summed E-state index contributed by atoms with van der Waals surface area (Å²) < 4.78 is 5.87. The van der Waals surface area contributed by atoms with Gasteiger partial charge in [0.15, 0.2) is 0 Å². The van der Waals surface area contributed by atoms with Crippen molar-refractivity contribution in [2.24, 2.45) is 4.99 Å². The molecule has 0 atom stereocenters. The summed E-state index contributed by atoms with van der Waals surface area (Å²) in [6, 6.07) is 18.3. The number of carbonyl (C=O) groups excluding carboxylic acids is 1. The highest BCUT2D eigenvalue weighted by atomic mass is 32.1. The number of nitrogens with zero attached hydrogens (tertiary/aromatic N) is 1. The maximum absolute atomic E-state index is 13.2. The van der Waals surface area contributed by atoms with E-state index in [4.69, 9.17) is 9.73 Å². The highest BCUT2D eigenvalue weighted by Gasteiger charge is 2.23. The second-order valence-electron chi connectivity index (χ2n) is 8.58. The van der Waals surface area contributed by atoms with Gasteiger partial charge in [0.25, 0.3) is 5.91 Å². The van der Waals surface area contributed by atoms with E-state index in [2.05, 4.69) is 31.3 Å². The highest BCUT2D eigenvalue weighted by Crippen LogP contribution is 2.36. The van der Waals surface area contributed by atoms with Crippen LogP contribution < -0.4 is 10.1 Å². The lowest BCUT2D eigenvalue weighted by Gasteiger charge is -2.23. The van der Waals surface area contributed by atoms with Crippen LogP contribution in [0.5, 0.6) is 5.75 Å². The van der Waals surface area contributed by atoms with Gasteiger partial charge < -0.3 is 10.1 Å². The Balaban J connectivity index is 1.45. The van der Waals surface area contributed by atoms with E-state index in [0.29, 0.717) is 6.61 Å². The van der Waals surface area contributed by atoms with Crippen molar-refractivity contribution in [1.29, 1.82) is 0 Å². The van der Waals surface area contributed by atoms with E-state index in [-0.39, 0.29) is 11.9 Å². The normalized spacial score (nSPS) is 14.5. The van der Waals surface area contributed by atoms with Crippen LogP contribution in [0.1, 0.15) is 71.0 Å². The van der Waals surface area contributed by atoms with E-state index >= 15 is 0 Å². The molecule has 3 aromatic rings. The van der Waals surface area contributed by atoms with Gasteiger partial charge in [-0.25, -0.2) is 4.99 Å². The number of thiophene rings is 1. The van der Waals surface area contributed by atoms with Crippen LogP contribution in [0.3, 0.4) is 0 Å². The van der Waals surface area contributed by atoms with Crippen molar-refractivity contribution in [3.05, 3.63) is 81.7 Å². The maximum Gasteiger partial charge on any atom is 0.254 e. The molecule has 172 valence electrons. The molecule has 5 heteroatoms. The van der Waals surface area contributed by atoms with E-state index in [1.807, 2.05) is 48.7 Å². The molecule has 1 heterocycles. The Morgan fingerprint density at radius 3 is 2.52 bits per heavy atom. The van der Waals surface area contributed by atoms with E-state index in [9.17, 15) is 4.79 Å². The molecular weight excluding hydrogens is 428 g/mol. The molecule has 0 radical (unpaired) electrons. The molecule has 1 aromatic heterocycles. The number of hydrogen-bond acceptors (Lipinski definition) is 4. The van der Waals surface area contributed by atoms with E-state index in [0.717, 1.165) is 52.3 Å². The van der Waals surface area contributed by atoms with E-state index < -0.39 is 0 Å². The smallest absolute Gasteiger partial charge is 0.254 e. The largest absolute Gasteiger partial charge is 0.489 e. The predicted molar refractivity (Wildman–Crippen MR) is 137 cm³/mol. The fraction of sp³-hybridized carbons (Fsp3) is 0.357. The van der Waals surface area contributed by atoms with Gasteiger partial charge in [0, 0.05) is 17.1 Å². The fourth-order valence-electron chi connectivity index (χ4n) is 4.34. The van der Waals surface area contributed by atoms with Gasteiger partial charge in [0.2, 0.25) is 0 Å².